The summed E-state index contributed by atoms with van der Waals surface area (Å²) in [5.74, 6) is -0.0435. The molecule has 0 aliphatic heterocycles. The number of furan rings is 1. The van der Waals surface area contributed by atoms with Crippen LogP contribution in [0.5, 0.6) is 0 Å². The molecule has 96 valence electrons. The number of nitro groups is 1. The molecule has 0 saturated heterocycles. The smallest absolute Gasteiger partial charge is 0.400 e. The molecule has 0 aliphatic rings. The predicted octanol–water partition coefficient (Wildman–Crippen LogP) is 3.40. The fraction of sp³-hybridized carbons (Fsp3) is 0. The Bertz CT molecular complexity index is 632. The molecule has 6 nitrogen and oxygen atoms in total. The largest absolute Gasteiger partial charge is 0.433 e. The molecule has 2 rings (SSSR count). The summed E-state index contributed by atoms with van der Waals surface area (Å²) in [6.45, 7) is 0. The van der Waals surface area contributed by atoms with Gasteiger partial charge >= 0.3 is 5.88 Å². The van der Waals surface area contributed by atoms with Crippen LogP contribution in [-0.2, 0) is 0 Å². The van der Waals surface area contributed by atoms with Gasteiger partial charge in [0.25, 0.3) is 0 Å². The molecule has 0 atom stereocenters. The Morgan fingerprint density at radius 3 is 2.42 bits per heavy atom. The second kappa shape index (κ2) is 6.05. The van der Waals surface area contributed by atoms with Gasteiger partial charge in [0.15, 0.2) is 5.76 Å². The van der Waals surface area contributed by atoms with Crippen molar-refractivity contribution >= 4 is 34.2 Å². The van der Waals surface area contributed by atoms with Crippen LogP contribution in [0.15, 0.2) is 55.5 Å². The van der Waals surface area contributed by atoms with Crippen LogP contribution in [0, 0.1) is 10.1 Å². The van der Waals surface area contributed by atoms with Crippen LogP contribution in [0.1, 0.15) is 11.3 Å². The third-order valence-corrected chi connectivity index (χ3v) is 2.65. The molecule has 0 amide bonds. The fourth-order valence-electron chi connectivity index (χ4n) is 1.25. The Morgan fingerprint density at radius 2 is 1.79 bits per heavy atom. The normalized spacial score (nSPS) is 11.4. The topological polar surface area (TPSA) is 81.0 Å². The molecule has 1 heterocycles. The Balaban J connectivity index is 1.99. The molecule has 0 saturated carbocycles. The average Bonchev–Trinajstić information content (AvgIpc) is 2.86. The van der Waals surface area contributed by atoms with Gasteiger partial charge < -0.3 is 4.42 Å². The van der Waals surface area contributed by atoms with Gasteiger partial charge in [0, 0.05) is 4.47 Å². The van der Waals surface area contributed by atoms with Crippen molar-refractivity contribution in [1.82, 2.24) is 0 Å². The van der Waals surface area contributed by atoms with Crippen LogP contribution in [-0.4, -0.2) is 17.4 Å². The van der Waals surface area contributed by atoms with Gasteiger partial charge in [0.2, 0.25) is 0 Å². The lowest BCUT2D eigenvalue weighted by atomic mass is 10.2. The molecule has 0 N–H and O–H groups in total. The van der Waals surface area contributed by atoms with Crippen molar-refractivity contribution in [3.05, 3.63) is 62.3 Å². The Kier molecular flexibility index (Phi) is 4.19. The van der Waals surface area contributed by atoms with Crippen molar-refractivity contribution in [3.8, 4) is 0 Å². The molecule has 0 aliphatic carbocycles. The van der Waals surface area contributed by atoms with Crippen LogP contribution in [0.2, 0.25) is 0 Å². The number of hydrogen-bond acceptors (Lipinski definition) is 5. The first-order valence-corrected chi connectivity index (χ1v) is 6.00. The standard InChI is InChI=1S/C12H8BrN3O3/c13-10-3-1-9(2-4-10)7-14-15-8-11-5-6-12(19-11)16(17)18/h1-8H/b14-7+,15-8+. The van der Waals surface area contributed by atoms with Gasteiger partial charge in [-0.05, 0) is 23.8 Å². The number of halogens is 1. The molecule has 0 spiro atoms. The summed E-state index contributed by atoms with van der Waals surface area (Å²) in [5.41, 5.74) is 0.894. The maximum absolute atomic E-state index is 10.4. The first-order chi connectivity index (χ1) is 9.15. The van der Waals surface area contributed by atoms with Gasteiger partial charge in [-0.1, -0.05) is 28.1 Å². The van der Waals surface area contributed by atoms with Crippen molar-refractivity contribution in [1.29, 1.82) is 0 Å². The van der Waals surface area contributed by atoms with Gasteiger partial charge in [-0.25, -0.2) is 0 Å². The third-order valence-electron chi connectivity index (χ3n) is 2.12. The predicted molar refractivity (Wildman–Crippen MR) is 74.7 cm³/mol. The summed E-state index contributed by atoms with van der Waals surface area (Å²) in [7, 11) is 0. The number of rotatable bonds is 4. The van der Waals surface area contributed by atoms with E-state index in [1.807, 2.05) is 24.3 Å². The van der Waals surface area contributed by atoms with Crippen molar-refractivity contribution in [3.63, 3.8) is 0 Å². The number of hydrogen-bond donors (Lipinski definition) is 0. The van der Waals surface area contributed by atoms with Crippen molar-refractivity contribution in [2.24, 2.45) is 10.2 Å². The molecule has 0 unspecified atom stereocenters. The minimum atomic E-state index is -0.609. The zero-order valence-corrected chi connectivity index (χ0v) is 11.1. The lowest BCUT2D eigenvalue weighted by molar-refractivity contribution is -0.402. The quantitative estimate of drug-likeness (QED) is 0.491. The fourth-order valence-corrected chi connectivity index (χ4v) is 1.51. The zero-order chi connectivity index (χ0) is 13.7. The lowest BCUT2D eigenvalue weighted by Crippen LogP contribution is -1.83. The summed E-state index contributed by atoms with van der Waals surface area (Å²) in [4.78, 5) is 9.78. The van der Waals surface area contributed by atoms with E-state index < -0.39 is 4.92 Å². The van der Waals surface area contributed by atoms with Crippen molar-refractivity contribution in [2.75, 3.05) is 0 Å². The molecular formula is C12H8BrN3O3. The number of benzene rings is 1. The van der Waals surface area contributed by atoms with Crippen LogP contribution in [0.25, 0.3) is 0 Å². The first kappa shape index (κ1) is 13.2. The number of nitrogens with zero attached hydrogens (tertiary/aromatic N) is 3. The van der Waals surface area contributed by atoms with E-state index in [1.54, 1.807) is 6.21 Å². The molecule has 1 aromatic heterocycles. The molecule has 0 radical (unpaired) electrons. The molecule has 1 aromatic carbocycles. The van der Waals surface area contributed by atoms with Gasteiger partial charge in [0.05, 0.1) is 18.5 Å². The Morgan fingerprint density at radius 1 is 1.11 bits per heavy atom. The monoisotopic (exact) mass is 321 g/mol. The Hall–Kier alpha value is -2.28. The van der Waals surface area contributed by atoms with Crippen LogP contribution in [0.3, 0.4) is 0 Å². The van der Waals surface area contributed by atoms with Crippen LogP contribution >= 0.6 is 15.9 Å². The summed E-state index contributed by atoms with van der Waals surface area (Å²) < 4.78 is 5.87. The summed E-state index contributed by atoms with van der Waals surface area (Å²) >= 11 is 3.33. The van der Waals surface area contributed by atoms with E-state index in [-0.39, 0.29) is 11.6 Å². The highest BCUT2D eigenvalue weighted by Gasteiger charge is 2.09. The van der Waals surface area contributed by atoms with E-state index in [9.17, 15) is 10.1 Å². The van der Waals surface area contributed by atoms with Gasteiger partial charge in [0.1, 0.15) is 4.92 Å². The third kappa shape index (κ3) is 3.85. The van der Waals surface area contributed by atoms with Gasteiger partial charge in [-0.3, -0.25) is 10.1 Å². The van der Waals surface area contributed by atoms with Gasteiger partial charge in [-0.2, -0.15) is 10.2 Å². The molecule has 0 fully saturated rings. The zero-order valence-electron chi connectivity index (χ0n) is 9.56. The van der Waals surface area contributed by atoms with Gasteiger partial charge in [-0.15, -0.1) is 0 Å². The maximum atomic E-state index is 10.4. The van der Waals surface area contributed by atoms with E-state index in [0.717, 1.165) is 10.0 Å². The molecule has 7 heteroatoms. The van der Waals surface area contributed by atoms with E-state index in [1.165, 1.54) is 18.3 Å². The van der Waals surface area contributed by atoms with Crippen molar-refractivity contribution < 1.29 is 9.34 Å². The first-order valence-electron chi connectivity index (χ1n) is 5.21. The minimum Gasteiger partial charge on any atom is -0.400 e. The second-order valence-electron chi connectivity index (χ2n) is 3.47. The van der Waals surface area contributed by atoms with E-state index >= 15 is 0 Å². The summed E-state index contributed by atoms with van der Waals surface area (Å²) in [5, 5.41) is 18.0. The highest BCUT2D eigenvalue weighted by Crippen LogP contribution is 2.13. The summed E-state index contributed by atoms with van der Waals surface area (Å²) in [6, 6.07) is 10.3. The maximum Gasteiger partial charge on any atom is 0.433 e. The second-order valence-corrected chi connectivity index (χ2v) is 4.39. The summed E-state index contributed by atoms with van der Waals surface area (Å²) in [6.07, 6.45) is 2.88. The minimum absolute atomic E-state index is 0.277. The highest BCUT2D eigenvalue weighted by atomic mass is 79.9. The van der Waals surface area contributed by atoms with Crippen LogP contribution < -0.4 is 0 Å². The van der Waals surface area contributed by atoms with Crippen LogP contribution in [0.4, 0.5) is 5.88 Å². The van der Waals surface area contributed by atoms with E-state index in [2.05, 4.69) is 26.1 Å². The average molecular weight is 322 g/mol. The molecule has 19 heavy (non-hydrogen) atoms. The molecule has 2 aromatic rings. The Labute approximate surface area is 116 Å². The van der Waals surface area contributed by atoms with E-state index in [0.29, 0.717) is 0 Å². The highest BCUT2D eigenvalue weighted by molar-refractivity contribution is 9.10. The lowest BCUT2D eigenvalue weighted by Gasteiger charge is -1.90. The van der Waals surface area contributed by atoms with Crippen molar-refractivity contribution in [2.45, 2.75) is 0 Å². The SMILES string of the molecule is O=[N+]([O-])c1ccc(/C=N/N=C/c2ccc(Br)cc2)o1. The van der Waals surface area contributed by atoms with E-state index in [4.69, 9.17) is 4.42 Å². The molecule has 0 bridgehead atoms. The molecular weight excluding hydrogens is 314 g/mol.